The normalized spacial score (nSPS) is 15.0. The predicted molar refractivity (Wildman–Crippen MR) is 124 cm³/mol. The van der Waals surface area contributed by atoms with Crippen molar-refractivity contribution in [3.05, 3.63) is 70.2 Å². The zero-order valence-electron chi connectivity index (χ0n) is 17.3. The van der Waals surface area contributed by atoms with Gasteiger partial charge in [0.05, 0.1) is 11.6 Å². The van der Waals surface area contributed by atoms with Crippen LogP contribution in [-0.4, -0.2) is 35.8 Å². The van der Waals surface area contributed by atoms with Gasteiger partial charge >= 0.3 is 0 Å². The highest BCUT2D eigenvalue weighted by Crippen LogP contribution is 2.29. The van der Waals surface area contributed by atoms with Crippen LogP contribution in [0.4, 0.5) is 0 Å². The van der Waals surface area contributed by atoms with Crippen molar-refractivity contribution >= 4 is 23.4 Å². The standard InChI is InChI=1S/C24H26ClN3O2.CH4/c1-16(2)22(27-23(29)20-5-3-4-17(14-20)15-26)24(30)28-12-10-19(11-13-28)18-6-8-21(25)9-7-18;/h3-9,14,16,19,22H,10-13H2,1-2H3,(H,27,29);1H4/t22-;/m1./s1. The average molecular weight is 440 g/mol. The number of nitrogens with zero attached hydrogens (tertiary/aromatic N) is 2. The lowest BCUT2D eigenvalue weighted by Gasteiger charge is -2.35. The highest BCUT2D eigenvalue weighted by molar-refractivity contribution is 6.30. The van der Waals surface area contributed by atoms with Crippen LogP contribution < -0.4 is 5.32 Å². The van der Waals surface area contributed by atoms with Gasteiger partial charge in [0.15, 0.2) is 0 Å². The Balaban J connectivity index is 0.00000341. The lowest BCUT2D eigenvalue weighted by atomic mass is 9.89. The van der Waals surface area contributed by atoms with Crippen LogP contribution >= 0.6 is 11.6 Å². The molecular formula is C25H30ClN3O2. The molecule has 2 aromatic rings. The summed E-state index contributed by atoms with van der Waals surface area (Å²) >= 11 is 5.98. The monoisotopic (exact) mass is 439 g/mol. The van der Waals surface area contributed by atoms with Crippen molar-refractivity contribution in [2.24, 2.45) is 5.92 Å². The van der Waals surface area contributed by atoms with E-state index in [0.717, 1.165) is 17.9 Å². The minimum Gasteiger partial charge on any atom is -0.341 e. The largest absolute Gasteiger partial charge is 0.341 e. The Labute approximate surface area is 190 Å². The average Bonchev–Trinajstić information content (AvgIpc) is 2.77. The van der Waals surface area contributed by atoms with Gasteiger partial charge in [-0.05, 0) is 60.6 Å². The Hall–Kier alpha value is -2.84. The summed E-state index contributed by atoms with van der Waals surface area (Å²) < 4.78 is 0. The van der Waals surface area contributed by atoms with E-state index >= 15 is 0 Å². The first-order valence-corrected chi connectivity index (χ1v) is 10.6. The number of halogens is 1. The summed E-state index contributed by atoms with van der Waals surface area (Å²) in [5.74, 6) is -0.0266. The summed E-state index contributed by atoms with van der Waals surface area (Å²) in [6.45, 7) is 5.17. The topological polar surface area (TPSA) is 73.2 Å². The maximum atomic E-state index is 13.2. The minimum atomic E-state index is -0.602. The van der Waals surface area contributed by atoms with Crippen molar-refractivity contribution in [3.63, 3.8) is 0 Å². The van der Waals surface area contributed by atoms with Crippen LogP contribution in [0.1, 0.15) is 61.5 Å². The number of hydrogen-bond donors (Lipinski definition) is 1. The van der Waals surface area contributed by atoms with E-state index < -0.39 is 6.04 Å². The molecule has 3 rings (SSSR count). The molecule has 1 aliphatic heterocycles. The Morgan fingerprint density at radius 2 is 1.77 bits per heavy atom. The Morgan fingerprint density at radius 3 is 2.35 bits per heavy atom. The van der Waals surface area contributed by atoms with Crippen LogP contribution in [0.3, 0.4) is 0 Å². The van der Waals surface area contributed by atoms with Crippen LogP contribution in [0.2, 0.25) is 5.02 Å². The minimum absolute atomic E-state index is 0. The zero-order valence-corrected chi connectivity index (χ0v) is 18.0. The highest BCUT2D eigenvalue weighted by Gasteiger charge is 2.31. The van der Waals surface area contributed by atoms with Crippen molar-refractivity contribution in [2.75, 3.05) is 13.1 Å². The molecule has 0 bridgehead atoms. The molecule has 0 aliphatic carbocycles. The van der Waals surface area contributed by atoms with Gasteiger partial charge in [0.2, 0.25) is 5.91 Å². The van der Waals surface area contributed by atoms with Crippen molar-refractivity contribution in [3.8, 4) is 6.07 Å². The molecule has 0 saturated carbocycles. The molecule has 5 nitrogen and oxygen atoms in total. The van der Waals surface area contributed by atoms with Gasteiger partial charge in [-0.25, -0.2) is 0 Å². The third-order valence-corrected chi connectivity index (χ3v) is 5.87. The van der Waals surface area contributed by atoms with Crippen molar-refractivity contribution in [1.82, 2.24) is 10.2 Å². The number of carbonyl (C=O) groups is 2. The molecule has 6 heteroatoms. The van der Waals surface area contributed by atoms with E-state index in [2.05, 4.69) is 17.4 Å². The second kappa shape index (κ2) is 11.0. The van der Waals surface area contributed by atoms with Crippen LogP contribution in [-0.2, 0) is 4.79 Å². The fraction of sp³-hybridized carbons (Fsp3) is 0.400. The Kier molecular flexibility index (Phi) is 8.65. The fourth-order valence-electron chi connectivity index (χ4n) is 3.83. The predicted octanol–water partition coefficient (Wildman–Crippen LogP) is 5.01. The van der Waals surface area contributed by atoms with E-state index in [1.807, 2.05) is 36.9 Å². The number of benzene rings is 2. The van der Waals surface area contributed by atoms with Gasteiger partial charge in [0, 0.05) is 23.7 Å². The second-order valence-corrected chi connectivity index (χ2v) is 8.48. The molecule has 2 aromatic carbocycles. The third-order valence-electron chi connectivity index (χ3n) is 5.62. The maximum absolute atomic E-state index is 13.2. The third kappa shape index (κ3) is 6.08. The van der Waals surface area contributed by atoms with Gasteiger partial charge in [-0.2, -0.15) is 5.26 Å². The number of likely N-dealkylation sites (tertiary alicyclic amines) is 1. The van der Waals surface area contributed by atoms with Crippen LogP contribution in [0, 0.1) is 17.2 Å². The number of carbonyl (C=O) groups excluding carboxylic acids is 2. The first-order chi connectivity index (χ1) is 14.4. The van der Waals surface area contributed by atoms with Crippen molar-refractivity contribution < 1.29 is 9.59 Å². The van der Waals surface area contributed by atoms with E-state index in [-0.39, 0.29) is 25.2 Å². The fourth-order valence-corrected chi connectivity index (χ4v) is 3.96. The Bertz CT molecular complexity index is 942. The van der Waals surface area contributed by atoms with E-state index in [4.69, 9.17) is 16.9 Å². The van der Waals surface area contributed by atoms with Crippen LogP contribution in [0.15, 0.2) is 48.5 Å². The lowest BCUT2D eigenvalue weighted by molar-refractivity contribution is -0.135. The highest BCUT2D eigenvalue weighted by atomic mass is 35.5. The number of hydrogen-bond acceptors (Lipinski definition) is 3. The summed E-state index contributed by atoms with van der Waals surface area (Å²) in [6, 6.07) is 15.8. The molecule has 0 spiro atoms. The zero-order chi connectivity index (χ0) is 21.7. The van der Waals surface area contributed by atoms with E-state index in [1.54, 1.807) is 18.2 Å². The first kappa shape index (κ1) is 24.4. The van der Waals surface area contributed by atoms with E-state index in [0.29, 0.717) is 30.1 Å². The molecule has 2 amide bonds. The van der Waals surface area contributed by atoms with E-state index in [1.165, 1.54) is 11.6 Å². The van der Waals surface area contributed by atoms with Gasteiger partial charge in [-0.1, -0.05) is 51.1 Å². The van der Waals surface area contributed by atoms with Gasteiger partial charge in [0.1, 0.15) is 6.04 Å². The maximum Gasteiger partial charge on any atom is 0.251 e. The summed E-state index contributed by atoms with van der Waals surface area (Å²) in [5.41, 5.74) is 2.05. The number of amides is 2. The smallest absolute Gasteiger partial charge is 0.251 e. The van der Waals surface area contributed by atoms with Gasteiger partial charge in [-0.15, -0.1) is 0 Å². The second-order valence-electron chi connectivity index (χ2n) is 8.04. The number of piperidine rings is 1. The van der Waals surface area contributed by atoms with E-state index in [9.17, 15) is 9.59 Å². The quantitative estimate of drug-likeness (QED) is 0.711. The summed E-state index contributed by atoms with van der Waals surface area (Å²) in [5, 5.41) is 12.6. The van der Waals surface area contributed by atoms with Crippen molar-refractivity contribution in [2.45, 2.75) is 46.1 Å². The molecule has 0 radical (unpaired) electrons. The molecule has 1 saturated heterocycles. The summed E-state index contributed by atoms with van der Waals surface area (Å²) in [7, 11) is 0. The molecule has 1 heterocycles. The molecule has 31 heavy (non-hydrogen) atoms. The first-order valence-electron chi connectivity index (χ1n) is 10.2. The molecule has 0 unspecified atom stereocenters. The molecular weight excluding hydrogens is 410 g/mol. The lowest BCUT2D eigenvalue weighted by Crippen LogP contribution is -2.52. The number of nitrogens with one attached hydrogen (secondary N) is 1. The molecule has 1 fully saturated rings. The number of nitriles is 1. The van der Waals surface area contributed by atoms with Crippen LogP contribution in [0.5, 0.6) is 0 Å². The SMILES string of the molecule is C.CC(C)[C@@H](NC(=O)c1cccc(C#N)c1)C(=O)N1CCC(c2ccc(Cl)cc2)CC1. The molecule has 0 aromatic heterocycles. The van der Waals surface area contributed by atoms with Crippen molar-refractivity contribution in [1.29, 1.82) is 5.26 Å². The van der Waals surface area contributed by atoms with Crippen LogP contribution in [0.25, 0.3) is 0 Å². The molecule has 1 N–H and O–H groups in total. The molecule has 1 aliphatic rings. The summed E-state index contributed by atoms with van der Waals surface area (Å²) in [6.07, 6.45) is 1.77. The number of rotatable bonds is 5. The van der Waals surface area contributed by atoms with Gasteiger partial charge in [-0.3, -0.25) is 9.59 Å². The molecule has 164 valence electrons. The molecule has 1 atom stereocenters. The summed E-state index contributed by atoms with van der Waals surface area (Å²) in [4.78, 5) is 27.7. The van der Waals surface area contributed by atoms with Gasteiger partial charge < -0.3 is 10.2 Å². The Morgan fingerprint density at radius 1 is 1.13 bits per heavy atom. The van der Waals surface area contributed by atoms with Gasteiger partial charge in [0.25, 0.3) is 5.91 Å².